The van der Waals surface area contributed by atoms with Gasteiger partial charge in [-0.25, -0.2) is 4.79 Å². The van der Waals surface area contributed by atoms with Gasteiger partial charge in [-0.3, -0.25) is 0 Å². The monoisotopic (exact) mass is 330 g/mol. The number of aliphatic hydroxyl groups excluding tert-OH is 1. The van der Waals surface area contributed by atoms with Crippen molar-refractivity contribution in [2.75, 3.05) is 7.11 Å². The molecule has 1 N–H and O–H groups in total. The van der Waals surface area contributed by atoms with Crippen molar-refractivity contribution < 1.29 is 14.6 Å². The van der Waals surface area contributed by atoms with Crippen LogP contribution in [-0.4, -0.2) is 24.3 Å². The standard InChI is InChI=1S/C18H22O3.C3H8/c1-3-18-9-8-15(19)11-14(18)6-4-12-10-13(17(20)21-2)5-7-16(12)18;1-3-2/h4-7,10,14-15,19H,3,8-9,11H2,1-2H3;3H2,1-2H3. The minimum Gasteiger partial charge on any atom is -0.465 e. The molecule has 1 fully saturated rings. The zero-order valence-electron chi connectivity index (χ0n) is 15.3. The van der Waals surface area contributed by atoms with Gasteiger partial charge in [0, 0.05) is 5.41 Å². The van der Waals surface area contributed by atoms with E-state index in [2.05, 4.69) is 39.0 Å². The second-order valence-corrected chi connectivity index (χ2v) is 6.90. The lowest BCUT2D eigenvalue weighted by molar-refractivity contribution is 0.0600. The summed E-state index contributed by atoms with van der Waals surface area (Å²) >= 11 is 0. The lowest BCUT2D eigenvalue weighted by Crippen LogP contribution is -2.42. The third kappa shape index (κ3) is 3.41. The van der Waals surface area contributed by atoms with E-state index in [9.17, 15) is 9.90 Å². The first kappa shape index (κ1) is 18.7. The normalized spacial score (nSPS) is 27.4. The van der Waals surface area contributed by atoms with Gasteiger partial charge in [0.1, 0.15) is 0 Å². The predicted molar refractivity (Wildman–Crippen MR) is 98.1 cm³/mol. The molecule has 0 bridgehead atoms. The van der Waals surface area contributed by atoms with Crippen molar-refractivity contribution in [2.45, 2.75) is 64.4 Å². The van der Waals surface area contributed by atoms with Crippen LogP contribution in [0.4, 0.5) is 0 Å². The maximum absolute atomic E-state index is 11.7. The number of benzene rings is 1. The number of rotatable bonds is 2. The number of methoxy groups -OCH3 is 1. The Bertz CT molecular complexity index is 605. The number of carbonyl (C=O) groups is 1. The van der Waals surface area contributed by atoms with Crippen LogP contribution in [0.1, 0.15) is 74.4 Å². The van der Waals surface area contributed by atoms with E-state index in [4.69, 9.17) is 4.74 Å². The zero-order valence-corrected chi connectivity index (χ0v) is 15.3. The highest BCUT2D eigenvalue weighted by Gasteiger charge is 2.44. The van der Waals surface area contributed by atoms with Crippen molar-refractivity contribution in [2.24, 2.45) is 5.92 Å². The molecular formula is C21H30O3. The first-order valence-corrected chi connectivity index (χ1v) is 9.11. The van der Waals surface area contributed by atoms with Gasteiger partial charge in [0.15, 0.2) is 0 Å². The number of fused-ring (bicyclic) bond motifs is 3. The maximum atomic E-state index is 11.7. The Balaban J connectivity index is 0.000000647. The molecule has 1 aromatic rings. The lowest BCUT2D eigenvalue weighted by atomic mass is 9.57. The molecule has 3 heteroatoms. The van der Waals surface area contributed by atoms with Crippen LogP contribution in [0.2, 0.25) is 0 Å². The molecule has 0 spiro atoms. The molecule has 2 aliphatic rings. The van der Waals surface area contributed by atoms with Gasteiger partial charge in [-0.2, -0.15) is 0 Å². The molecule has 0 aliphatic heterocycles. The average molecular weight is 330 g/mol. The molecule has 0 radical (unpaired) electrons. The van der Waals surface area contributed by atoms with Crippen molar-refractivity contribution in [1.29, 1.82) is 0 Å². The minimum atomic E-state index is -0.294. The highest BCUT2D eigenvalue weighted by Crippen LogP contribution is 2.50. The summed E-state index contributed by atoms with van der Waals surface area (Å²) < 4.78 is 4.80. The Kier molecular flexibility index (Phi) is 6.22. The summed E-state index contributed by atoms with van der Waals surface area (Å²) in [7, 11) is 1.41. The molecule has 2 aliphatic carbocycles. The number of esters is 1. The number of aliphatic hydroxyl groups is 1. The third-order valence-electron chi connectivity index (χ3n) is 5.31. The van der Waals surface area contributed by atoms with Crippen molar-refractivity contribution in [3.63, 3.8) is 0 Å². The van der Waals surface area contributed by atoms with Crippen LogP contribution < -0.4 is 0 Å². The summed E-state index contributed by atoms with van der Waals surface area (Å²) in [5.41, 5.74) is 3.14. The third-order valence-corrected chi connectivity index (χ3v) is 5.31. The molecule has 0 heterocycles. The Morgan fingerprint density at radius 1 is 1.33 bits per heavy atom. The molecule has 3 atom stereocenters. The van der Waals surface area contributed by atoms with Crippen molar-refractivity contribution in [3.8, 4) is 0 Å². The SMILES string of the molecule is CCC.CCC12CCC(O)CC1C=Cc1cc(C(=O)OC)ccc12. The fourth-order valence-corrected chi connectivity index (χ4v) is 4.09. The summed E-state index contributed by atoms with van der Waals surface area (Å²) in [4.78, 5) is 11.7. The average Bonchev–Trinajstić information content (AvgIpc) is 2.61. The van der Waals surface area contributed by atoms with Gasteiger partial charge in [0.25, 0.3) is 0 Å². The second kappa shape index (κ2) is 7.98. The van der Waals surface area contributed by atoms with Gasteiger partial charge in [-0.1, -0.05) is 45.4 Å². The quantitative estimate of drug-likeness (QED) is 0.798. The molecule has 3 unspecified atom stereocenters. The second-order valence-electron chi connectivity index (χ2n) is 6.90. The summed E-state index contributed by atoms with van der Waals surface area (Å²) in [6, 6.07) is 5.87. The molecular weight excluding hydrogens is 300 g/mol. The van der Waals surface area contributed by atoms with Gasteiger partial charge in [-0.05, 0) is 54.9 Å². The summed E-state index contributed by atoms with van der Waals surface area (Å²) in [5, 5.41) is 9.96. The molecule has 0 saturated heterocycles. The predicted octanol–water partition coefficient (Wildman–Crippen LogP) is 4.73. The van der Waals surface area contributed by atoms with E-state index in [1.165, 1.54) is 19.1 Å². The lowest BCUT2D eigenvalue weighted by Gasteiger charge is -2.47. The first-order valence-electron chi connectivity index (χ1n) is 9.11. The van der Waals surface area contributed by atoms with E-state index < -0.39 is 0 Å². The molecule has 0 amide bonds. The van der Waals surface area contributed by atoms with Crippen LogP contribution in [0.5, 0.6) is 0 Å². The highest BCUT2D eigenvalue weighted by molar-refractivity contribution is 5.90. The zero-order chi connectivity index (χ0) is 17.7. The molecule has 132 valence electrons. The van der Waals surface area contributed by atoms with Gasteiger partial charge in [-0.15, -0.1) is 0 Å². The number of hydrogen-bond donors (Lipinski definition) is 1. The summed E-state index contributed by atoms with van der Waals surface area (Å²) in [6.07, 6.45) is 9.13. The molecule has 1 saturated carbocycles. The van der Waals surface area contributed by atoms with E-state index in [-0.39, 0.29) is 17.5 Å². The van der Waals surface area contributed by atoms with Crippen LogP contribution in [0.3, 0.4) is 0 Å². The largest absolute Gasteiger partial charge is 0.465 e. The first-order chi connectivity index (χ1) is 11.5. The van der Waals surface area contributed by atoms with Crippen LogP contribution in [0.15, 0.2) is 24.3 Å². The highest BCUT2D eigenvalue weighted by atomic mass is 16.5. The van der Waals surface area contributed by atoms with Crippen LogP contribution in [0, 0.1) is 5.92 Å². The van der Waals surface area contributed by atoms with E-state index in [1.54, 1.807) is 0 Å². The van der Waals surface area contributed by atoms with E-state index in [1.807, 2.05) is 12.1 Å². The number of allylic oxidation sites excluding steroid dienone is 1. The van der Waals surface area contributed by atoms with Crippen LogP contribution in [-0.2, 0) is 10.2 Å². The Labute approximate surface area is 145 Å². The number of hydrogen-bond acceptors (Lipinski definition) is 3. The van der Waals surface area contributed by atoms with Gasteiger partial charge in [0.05, 0.1) is 18.8 Å². The topological polar surface area (TPSA) is 46.5 Å². The van der Waals surface area contributed by atoms with E-state index >= 15 is 0 Å². The molecule has 3 nitrogen and oxygen atoms in total. The van der Waals surface area contributed by atoms with Crippen LogP contribution >= 0.6 is 0 Å². The number of ether oxygens (including phenoxy) is 1. The minimum absolute atomic E-state index is 0.109. The maximum Gasteiger partial charge on any atom is 0.337 e. The fourth-order valence-electron chi connectivity index (χ4n) is 4.09. The van der Waals surface area contributed by atoms with Crippen molar-refractivity contribution in [1.82, 2.24) is 0 Å². The fraction of sp³-hybridized carbons (Fsp3) is 0.571. The smallest absolute Gasteiger partial charge is 0.337 e. The van der Waals surface area contributed by atoms with Crippen molar-refractivity contribution in [3.05, 3.63) is 41.0 Å². The van der Waals surface area contributed by atoms with E-state index in [0.717, 1.165) is 31.2 Å². The van der Waals surface area contributed by atoms with Gasteiger partial charge < -0.3 is 9.84 Å². The molecule has 0 aromatic heterocycles. The Morgan fingerprint density at radius 3 is 2.67 bits per heavy atom. The summed E-state index contributed by atoms with van der Waals surface area (Å²) in [5.74, 6) is 0.0978. The van der Waals surface area contributed by atoms with Crippen molar-refractivity contribution >= 4 is 12.0 Å². The number of carbonyl (C=O) groups excluding carboxylic acids is 1. The Morgan fingerprint density at radius 2 is 2.04 bits per heavy atom. The Hall–Kier alpha value is -1.61. The summed E-state index contributed by atoms with van der Waals surface area (Å²) in [6.45, 7) is 6.47. The van der Waals surface area contributed by atoms with Gasteiger partial charge in [0.2, 0.25) is 0 Å². The molecule has 1 aromatic carbocycles. The molecule has 24 heavy (non-hydrogen) atoms. The van der Waals surface area contributed by atoms with E-state index in [0.29, 0.717) is 11.5 Å². The van der Waals surface area contributed by atoms with Crippen LogP contribution in [0.25, 0.3) is 6.08 Å². The molecule has 3 rings (SSSR count). The van der Waals surface area contributed by atoms with Gasteiger partial charge >= 0.3 is 5.97 Å².